The average Bonchev–Trinajstić information content (AvgIpc) is 3.03. The lowest BCUT2D eigenvalue weighted by Gasteiger charge is -2.45. The second-order valence-corrected chi connectivity index (χ2v) is 9.07. The van der Waals surface area contributed by atoms with Crippen molar-refractivity contribution >= 4 is 16.9 Å². The van der Waals surface area contributed by atoms with Crippen LogP contribution in [-0.4, -0.2) is 39.5 Å². The van der Waals surface area contributed by atoms with E-state index in [4.69, 9.17) is 5.73 Å². The zero-order valence-electron chi connectivity index (χ0n) is 16.3. The fourth-order valence-electron chi connectivity index (χ4n) is 6.03. The molecule has 5 rings (SSSR count). The number of carbonyl (C=O) groups is 1. The van der Waals surface area contributed by atoms with E-state index in [0.29, 0.717) is 23.8 Å². The predicted molar refractivity (Wildman–Crippen MR) is 109 cm³/mol. The topological polar surface area (TPSA) is 84.1 Å². The molecule has 2 atom stereocenters. The maximum absolute atomic E-state index is 13.2. The SMILES string of the molecule is NC1C2CCCC1CC(C(=O)N1CCC(n3c(=O)[nH]c4ccccc43)CC1)C2. The Morgan fingerprint density at radius 3 is 2.43 bits per heavy atom. The molecular formula is C22H30N4O2. The summed E-state index contributed by atoms with van der Waals surface area (Å²) >= 11 is 0. The number of fused-ring (bicyclic) bond motifs is 3. The summed E-state index contributed by atoms with van der Waals surface area (Å²) in [7, 11) is 0. The first-order valence-electron chi connectivity index (χ1n) is 10.9. The number of benzene rings is 1. The van der Waals surface area contributed by atoms with Crippen LogP contribution in [0.4, 0.5) is 0 Å². The van der Waals surface area contributed by atoms with Crippen molar-refractivity contribution in [3.8, 4) is 0 Å². The second-order valence-electron chi connectivity index (χ2n) is 9.07. The van der Waals surface area contributed by atoms with Crippen LogP contribution in [0.5, 0.6) is 0 Å². The number of carbonyl (C=O) groups excluding carboxylic acids is 1. The highest BCUT2D eigenvalue weighted by Gasteiger charge is 2.42. The summed E-state index contributed by atoms with van der Waals surface area (Å²) in [5.41, 5.74) is 8.20. The highest BCUT2D eigenvalue weighted by Crippen LogP contribution is 2.42. The molecule has 1 aromatic heterocycles. The van der Waals surface area contributed by atoms with Gasteiger partial charge in [0.2, 0.25) is 5.91 Å². The quantitative estimate of drug-likeness (QED) is 0.837. The molecule has 6 heteroatoms. The van der Waals surface area contributed by atoms with Crippen molar-refractivity contribution in [1.29, 1.82) is 0 Å². The Hall–Kier alpha value is -2.08. The van der Waals surface area contributed by atoms with Crippen LogP contribution in [0.1, 0.15) is 51.0 Å². The third-order valence-corrected chi connectivity index (χ3v) is 7.53. The van der Waals surface area contributed by atoms with E-state index in [9.17, 15) is 9.59 Å². The standard InChI is InChI=1S/C22H30N4O2/c23-20-14-4-3-5-15(20)13-16(12-14)21(27)25-10-8-17(9-11-25)26-19-7-2-1-6-18(19)24-22(26)28/h1-2,6-7,14-17,20H,3-5,8-13,23H2,(H,24,28). The maximum Gasteiger partial charge on any atom is 0.326 e. The Balaban J connectivity index is 1.26. The first-order chi connectivity index (χ1) is 13.6. The van der Waals surface area contributed by atoms with Gasteiger partial charge < -0.3 is 15.6 Å². The Morgan fingerprint density at radius 1 is 1.04 bits per heavy atom. The number of nitrogens with one attached hydrogen (secondary N) is 1. The van der Waals surface area contributed by atoms with Crippen molar-refractivity contribution in [2.24, 2.45) is 23.5 Å². The molecule has 0 radical (unpaired) electrons. The Bertz CT molecular complexity index is 910. The molecule has 2 aliphatic carbocycles. The van der Waals surface area contributed by atoms with E-state index in [1.165, 1.54) is 19.3 Å². The van der Waals surface area contributed by atoms with Crippen molar-refractivity contribution in [1.82, 2.24) is 14.5 Å². The molecule has 3 fully saturated rings. The van der Waals surface area contributed by atoms with E-state index in [0.717, 1.165) is 49.8 Å². The van der Waals surface area contributed by atoms with Gasteiger partial charge in [0.15, 0.2) is 0 Å². The predicted octanol–water partition coefficient (Wildman–Crippen LogP) is 2.65. The number of imidazole rings is 1. The molecule has 1 amide bonds. The van der Waals surface area contributed by atoms with E-state index in [1.54, 1.807) is 0 Å². The first kappa shape index (κ1) is 18.0. The van der Waals surface area contributed by atoms with Gasteiger partial charge in [0.1, 0.15) is 0 Å². The Morgan fingerprint density at radius 2 is 1.71 bits per heavy atom. The van der Waals surface area contributed by atoms with Gasteiger partial charge in [-0.25, -0.2) is 4.79 Å². The number of nitrogens with zero attached hydrogens (tertiary/aromatic N) is 2. The van der Waals surface area contributed by atoms with Crippen LogP contribution in [0.2, 0.25) is 0 Å². The highest BCUT2D eigenvalue weighted by atomic mass is 16.2. The summed E-state index contributed by atoms with van der Waals surface area (Å²) in [6.45, 7) is 1.49. The van der Waals surface area contributed by atoms with E-state index in [1.807, 2.05) is 33.7 Å². The lowest BCUT2D eigenvalue weighted by Crippen LogP contribution is -2.51. The van der Waals surface area contributed by atoms with Gasteiger partial charge in [-0.1, -0.05) is 18.6 Å². The highest BCUT2D eigenvalue weighted by molar-refractivity contribution is 5.79. The van der Waals surface area contributed by atoms with E-state index in [2.05, 4.69) is 4.98 Å². The van der Waals surface area contributed by atoms with Gasteiger partial charge in [-0.2, -0.15) is 0 Å². The van der Waals surface area contributed by atoms with Gasteiger partial charge in [0.25, 0.3) is 0 Å². The minimum absolute atomic E-state index is 0.0416. The monoisotopic (exact) mass is 382 g/mol. The summed E-state index contributed by atoms with van der Waals surface area (Å²) in [6, 6.07) is 8.31. The van der Waals surface area contributed by atoms with E-state index >= 15 is 0 Å². The van der Waals surface area contributed by atoms with Crippen molar-refractivity contribution in [3.63, 3.8) is 0 Å². The molecule has 2 unspecified atom stereocenters. The van der Waals surface area contributed by atoms with Crippen LogP contribution >= 0.6 is 0 Å². The Kier molecular flexibility index (Phi) is 4.54. The number of amides is 1. The maximum atomic E-state index is 13.2. The number of aromatic nitrogens is 2. The molecule has 3 aliphatic rings. The smallest absolute Gasteiger partial charge is 0.326 e. The molecule has 0 spiro atoms. The zero-order valence-corrected chi connectivity index (χ0v) is 16.3. The molecule has 2 heterocycles. The number of hydrogen-bond donors (Lipinski definition) is 2. The van der Waals surface area contributed by atoms with Crippen LogP contribution in [-0.2, 0) is 4.79 Å². The summed E-state index contributed by atoms with van der Waals surface area (Å²) in [6.07, 6.45) is 7.27. The average molecular weight is 383 g/mol. The molecule has 150 valence electrons. The Labute approximate surface area is 165 Å². The molecule has 1 saturated heterocycles. The number of rotatable bonds is 2. The third kappa shape index (κ3) is 2.98. The van der Waals surface area contributed by atoms with Crippen molar-refractivity contribution < 1.29 is 4.79 Å². The van der Waals surface area contributed by atoms with Crippen LogP contribution in [0, 0.1) is 17.8 Å². The van der Waals surface area contributed by atoms with E-state index < -0.39 is 0 Å². The van der Waals surface area contributed by atoms with Crippen molar-refractivity contribution in [2.45, 2.75) is 57.0 Å². The molecule has 3 N–H and O–H groups in total. The fraction of sp³-hybridized carbons (Fsp3) is 0.636. The normalized spacial score (nSPS) is 31.2. The number of piperidine rings is 1. The molecule has 2 saturated carbocycles. The summed E-state index contributed by atoms with van der Waals surface area (Å²) in [5, 5.41) is 0. The molecule has 1 aromatic carbocycles. The number of para-hydroxylation sites is 2. The summed E-state index contributed by atoms with van der Waals surface area (Å²) < 4.78 is 1.89. The van der Waals surface area contributed by atoms with Crippen molar-refractivity contribution in [2.75, 3.05) is 13.1 Å². The van der Waals surface area contributed by atoms with Crippen LogP contribution in [0.3, 0.4) is 0 Å². The third-order valence-electron chi connectivity index (χ3n) is 7.53. The van der Waals surface area contributed by atoms with Gasteiger partial charge in [0, 0.05) is 31.1 Å². The summed E-state index contributed by atoms with van der Waals surface area (Å²) in [4.78, 5) is 30.6. The number of nitrogens with two attached hydrogens (primary N) is 1. The number of aromatic amines is 1. The fourth-order valence-corrected chi connectivity index (χ4v) is 6.03. The molecule has 2 bridgehead atoms. The van der Waals surface area contributed by atoms with Gasteiger partial charge >= 0.3 is 5.69 Å². The first-order valence-corrected chi connectivity index (χ1v) is 10.9. The molecule has 2 aromatic rings. The minimum Gasteiger partial charge on any atom is -0.342 e. The van der Waals surface area contributed by atoms with Crippen LogP contribution in [0.15, 0.2) is 29.1 Å². The largest absolute Gasteiger partial charge is 0.342 e. The number of H-pyrrole nitrogens is 1. The van der Waals surface area contributed by atoms with Gasteiger partial charge in [-0.3, -0.25) is 9.36 Å². The molecular weight excluding hydrogens is 352 g/mol. The van der Waals surface area contributed by atoms with Crippen LogP contribution < -0.4 is 11.4 Å². The van der Waals surface area contributed by atoms with Gasteiger partial charge in [0.05, 0.1) is 11.0 Å². The van der Waals surface area contributed by atoms with Crippen molar-refractivity contribution in [3.05, 3.63) is 34.7 Å². The van der Waals surface area contributed by atoms with Gasteiger partial charge in [-0.15, -0.1) is 0 Å². The number of hydrogen-bond acceptors (Lipinski definition) is 3. The van der Waals surface area contributed by atoms with Gasteiger partial charge in [-0.05, 0) is 62.5 Å². The molecule has 6 nitrogen and oxygen atoms in total. The number of likely N-dealkylation sites (tertiary alicyclic amines) is 1. The van der Waals surface area contributed by atoms with E-state index in [-0.39, 0.29) is 17.6 Å². The summed E-state index contributed by atoms with van der Waals surface area (Å²) in [5.74, 6) is 1.54. The molecule has 28 heavy (non-hydrogen) atoms. The van der Waals surface area contributed by atoms with Crippen LogP contribution in [0.25, 0.3) is 11.0 Å². The molecule has 1 aliphatic heterocycles. The minimum atomic E-state index is -0.0416. The zero-order chi connectivity index (χ0) is 19.3. The second kappa shape index (κ2) is 7.07. The lowest BCUT2D eigenvalue weighted by atomic mass is 9.65. The lowest BCUT2D eigenvalue weighted by molar-refractivity contribution is -0.140.